The van der Waals surface area contributed by atoms with Gasteiger partial charge >= 0.3 is 0 Å². The van der Waals surface area contributed by atoms with Crippen LogP contribution >= 0.6 is 11.3 Å². The van der Waals surface area contributed by atoms with Crippen molar-refractivity contribution in [2.75, 3.05) is 20.1 Å². The number of hydrogen-bond acceptors (Lipinski definition) is 3. The van der Waals surface area contributed by atoms with E-state index in [0.717, 1.165) is 0 Å². The molecule has 1 aromatic heterocycles. The van der Waals surface area contributed by atoms with Gasteiger partial charge in [-0.15, -0.1) is 0 Å². The third kappa shape index (κ3) is 2.16. The number of rotatable bonds is 2. The molecule has 0 saturated carbocycles. The first kappa shape index (κ1) is 10.1. The second-order valence-corrected chi connectivity index (χ2v) is 5.00. The van der Waals surface area contributed by atoms with Gasteiger partial charge in [-0.3, -0.25) is 0 Å². The molecule has 0 radical (unpaired) electrons. The summed E-state index contributed by atoms with van der Waals surface area (Å²) in [6.07, 6.45) is 2.49. The van der Waals surface area contributed by atoms with E-state index in [-0.39, 0.29) is 6.04 Å². The van der Waals surface area contributed by atoms with E-state index in [9.17, 15) is 0 Å². The molecule has 0 amide bonds. The lowest BCUT2D eigenvalue weighted by Crippen LogP contribution is -2.35. The minimum Gasteiger partial charge on any atom is -0.324 e. The van der Waals surface area contributed by atoms with Crippen LogP contribution in [0.2, 0.25) is 0 Å². The van der Waals surface area contributed by atoms with Crippen molar-refractivity contribution in [2.24, 2.45) is 11.7 Å². The minimum absolute atomic E-state index is 0.259. The standard InChI is InChI=1S/C11H18N2S/c1-13-5-2-9(3-6-13)11(12)10-4-7-14-8-10/h4,7-9,11H,2-3,5-6,12H2,1H3/t11-/m0/s1. The fourth-order valence-corrected chi connectivity index (χ4v) is 2.83. The first-order chi connectivity index (χ1) is 6.77. The first-order valence-corrected chi connectivity index (χ1v) is 6.18. The molecule has 0 spiro atoms. The average molecular weight is 210 g/mol. The van der Waals surface area contributed by atoms with Gasteiger partial charge in [-0.25, -0.2) is 0 Å². The lowest BCUT2D eigenvalue weighted by Gasteiger charge is -2.32. The van der Waals surface area contributed by atoms with E-state index in [0.29, 0.717) is 5.92 Å². The molecule has 0 aromatic carbocycles. The molecule has 2 heterocycles. The molecule has 3 heteroatoms. The number of nitrogens with zero attached hydrogens (tertiary/aromatic N) is 1. The predicted octanol–water partition coefficient (Wildman–Crippen LogP) is 2.09. The predicted molar refractivity (Wildman–Crippen MR) is 61.5 cm³/mol. The SMILES string of the molecule is CN1CCC([C@H](N)c2ccsc2)CC1. The number of piperidine rings is 1. The van der Waals surface area contributed by atoms with E-state index in [1.54, 1.807) is 11.3 Å². The third-order valence-electron chi connectivity index (χ3n) is 3.20. The van der Waals surface area contributed by atoms with Crippen molar-refractivity contribution >= 4 is 11.3 Å². The van der Waals surface area contributed by atoms with Crippen molar-refractivity contribution in [3.63, 3.8) is 0 Å². The van der Waals surface area contributed by atoms with Crippen LogP contribution in [0.25, 0.3) is 0 Å². The van der Waals surface area contributed by atoms with Crippen molar-refractivity contribution in [3.05, 3.63) is 22.4 Å². The van der Waals surface area contributed by atoms with E-state index >= 15 is 0 Å². The van der Waals surface area contributed by atoms with Crippen LogP contribution in [-0.2, 0) is 0 Å². The Labute approximate surface area is 89.7 Å². The summed E-state index contributed by atoms with van der Waals surface area (Å²) < 4.78 is 0. The van der Waals surface area contributed by atoms with Crippen molar-refractivity contribution < 1.29 is 0 Å². The van der Waals surface area contributed by atoms with Gasteiger partial charge in [-0.2, -0.15) is 11.3 Å². The van der Waals surface area contributed by atoms with Crippen molar-refractivity contribution in [1.82, 2.24) is 4.90 Å². The second-order valence-electron chi connectivity index (χ2n) is 4.22. The van der Waals surface area contributed by atoms with E-state index in [4.69, 9.17) is 5.73 Å². The molecule has 1 atom stereocenters. The van der Waals surface area contributed by atoms with Crippen LogP contribution in [0, 0.1) is 5.92 Å². The van der Waals surface area contributed by atoms with E-state index < -0.39 is 0 Å². The summed E-state index contributed by atoms with van der Waals surface area (Å²) in [5.74, 6) is 0.681. The molecule has 14 heavy (non-hydrogen) atoms. The summed E-state index contributed by atoms with van der Waals surface area (Å²) in [7, 11) is 2.19. The van der Waals surface area contributed by atoms with Crippen molar-refractivity contribution in [3.8, 4) is 0 Å². The second kappa shape index (κ2) is 4.43. The van der Waals surface area contributed by atoms with E-state index in [1.165, 1.54) is 31.5 Å². The maximum atomic E-state index is 6.25. The van der Waals surface area contributed by atoms with Crippen molar-refractivity contribution in [1.29, 1.82) is 0 Å². The van der Waals surface area contributed by atoms with Gasteiger partial charge in [-0.05, 0) is 61.3 Å². The Morgan fingerprint density at radius 1 is 1.50 bits per heavy atom. The molecule has 1 fully saturated rings. The first-order valence-electron chi connectivity index (χ1n) is 5.23. The van der Waals surface area contributed by atoms with Crippen LogP contribution in [-0.4, -0.2) is 25.0 Å². The molecule has 1 aliphatic heterocycles. The highest BCUT2D eigenvalue weighted by atomic mass is 32.1. The van der Waals surface area contributed by atoms with Crippen LogP contribution in [0.1, 0.15) is 24.4 Å². The quantitative estimate of drug-likeness (QED) is 0.810. The van der Waals surface area contributed by atoms with Crippen LogP contribution in [0.4, 0.5) is 0 Å². The van der Waals surface area contributed by atoms with Gasteiger partial charge in [-0.1, -0.05) is 0 Å². The third-order valence-corrected chi connectivity index (χ3v) is 3.90. The van der Waals surface area contributed by atoms with Gasteiger partial charge in [0.2, 0.25) is 0 Å². The normalized spacial score (nSPS) is 22.4. The average Bonchev–Trinajstić information content (AvgIpc) is 2.71. The van der Waals surface area contributed by atoms with Gasteiger partial charge in [0.15, 0.2) is 0 Å². The summed E-state index contributed by atoms with van der Waals surface area (Å²) in [6, 6.07) is 2.42. The number of hydrogen-bond donors (Lipinski definition) is 1. The summed E-state index contributed by atoms with van der Waals surface area (Å²) in [6.45, 7) is 2.39. The Morgan fingerprint density at radius 3 is 2.79 bits per heavy atom. The van der Waals surface area contributed by atoms with E-state index in [1.807, 2.05) is 0 Å². The highest BCUT2D eigenvalue weighted by molar-refractivity contribution is 7.07. The summed E-state index contributed by atoms with van der Waals surface area (Å²) >= 11 is 1.74. The summed E-state index contributed by atoms with van der Waals surface area (Å²) in [5, 5.41) is 4.30. The number of nitrogens with two attached hydrogens (primary N) is 1. The topological polar surface area (TPSA) is 29.3 Å². The summed E-state index contributed by atoms with van der Waals surface area (Å²) in [4.78, 5) is 2.39. The molecule has 2 nitrogen and oxygen atoms in total. The minimum atomic E-state index is 0.259. The lowest BCUT2D eigenvalue weighted by molar-refractivity contribution is 0.199. The summed E-state index contributed by atoms with van der Waals surface area (Å²) in [5.41, 5.74) is 7.57. The van der Waals surface area contributed by atoms with Crippen molar-refractivity contribution in [2.45, 2.75) is 18.9 Å². The van der Waals surface area contributed by atoms with E-state index in [2.05, 4.69) is 28.8 Å². The van der Waals surface area contributed by atoms with Crippen LogP contribution in [0.15, 0.2) is 16.8 Å². The largest absolute Gasteiger partial charge is 0.324 e. The molecule has 2 N–H and O–H groups in total. The maximum absolute atomic E-state index is 6.25. The monoisotopic (exact) mass is 210 g/mol. The Morgan fingerprint density at radius 2 is 2.21 bits per heavy atom. The van der Waals surface area contributed by atoms with Crippen LogP contribution < -0.4 is 5.73 Å². The maximum Gasteiger partial charge on any atom is 0.0332 e. The van der Waals surface area contributed by atoms with Gasteiger partial charge in [0.05, 0.1) is 0 Å². The molecule has 78 valence electrons. The zero-order valence-corrected chi connectivity index (χ0v) is 9.46. The zero-order valence-electron chi connectivity index (χ0n) is 8.65. The molecule has 0 unspecified atom stereocenters. The lowest BCUT2D eigenvalue weighted by atomic mass is 9.87. The van der Waals surface area contributed by atoms with Crippen LogP contribution in [0.3, 0.4) is 0 Å². The smallest absolute Gasteiger partial charge is 0.0332 e. The molecule has 2 rings (SSSR count). The highest BCUT2D eigenvalue weighted by Crippen LogP contribution is 2.29. The Balaban J connectivity index is 1.95. The molecule has 1 aromatic rings. The molecular weight excluding hydrogens is 192 g/mol. The Bertz CT molecular complexity index is 263. The van der Waals surface area contributed by atoms with Gasteiger partial charge < -0.3 is 10.6 Å². The number of thiophene rings is 1. The fraction of sp³-hybridized carbons (Fsp3) is 0.636. The molecule has 0 bridgehead atoms. The molecular formula is C11H18N2S. The van der Waals surface area contributed by atoms with Gasteiger partial charge in [0, 0.05) is 6.04 Å². The Kier molecular flexibility index (Phi) is 3.21. The highest BCUT2D eigenvalue weighted by Gasteiger charge is 2.23. The number of likely N-dealkylation sites (tertiary alicyclic amines) is 1. The zero-order chi connectivity index (χ0) is 9.97. The van der Waals surface area contributed by atoms with Crippen LogP contribution in [0.5, 0.6) is 0 Å². The van der Waals surface area contributed by atoms with Gasteiger partial charge in [0.25, 0.3) is 0 Å². The Hall–Kier alpha value is -0.380. The van der Waals surface area contributed by atoms with Gasteiger partial charge in [0.1, 0.15) is 0 Å². The fourth-order valence-electron chi connectivity index (χ4n) is 2.12. The molecule has 1 saturated heterocycles. The molecule has 0 aliphatic carbocycles. The molecule has 1 aliphatic rings.